The average Bonchev–Trinajstić information content (AvgIpc) is 3.05. The first-order chi connectivity index (χ1) is 12.6. The Hall–Kier alpha value is -2.25. The van der Waals surface area contributed by atoms with E-state index in [-0.39, 0.29) is 5.56 Å². The summed E-state index contributed by atoms with van der Waals surface area (Å²) in [5.41, 5.74) is 4.07. The molecule has 2 aromatic carbocycles. The first-order valence-electron chi connectivity index (χ1n) is 8.47. The second-order valence-corrected chi connectivity index (χ2v) is 7.84. The van der Waals surface area contributed by atoms with Crippen LogP contribution < -0.4 is 10.9 Å². The van der Waals surface area contributed by atoms with Crippen LogP contribution in [0.3, 0.4) is 0 Å². The molecule has 0 saturated carbocycles. The van der Waals surface area contributed by atoms with E-state index in [0.717, 1.165) is 23.0 Å². The summed E-state index contributed by atoms with van der Waals surface area (Å²) in [6, 6.07) is 11.8. The molecule has 2 aromatic heterocycles. The number of nitrogens with zero attached hydrogens (tertiary/aromatic N) is 3. The Bertz CT molecular complexity index is 1160. The molecule has 0 aliphatic carbocycles. The van der Waals surface area contributed by atoms with E-state index < -0.39 is 0 Å². The van der Waals surface area contributed by atoms with Gasteiger partial charge in [-0.05, 0) is 42.2 Å². The monoisotopic (exact) mass is 428 g/mol. The Morgan fingerprint density at radius 3 is 2.58 bits per heavy atom. The zero-order valence-corrected chi connectivity index (χ0v) is 16.8. The Kier molecular flexibility index (Phi) is 4.50. The molecule has 0 radical (unpaired) electrons. The number of fused-ring (bicyclic) bond motifs is 2. The Labute approximate surface area is 162 Å². The van der Waals surface area contributed by atoms with Gasteiger partial charge in [-0.15, -0.1) is 5.10 Å². The molecule has 26 heavy (non-hydrogen) atoms. The zero-order chi connectivity index (χ0) is 18.3. The van der Waals surface area contributed by atoms with Gasteiger partial charge in [-0.3, -0.25) is 4.79 Å². The molecular formula is C19H17BrN4OS. The number of hydrogen-bond donors (Lipinski definition) is 1. The number of aryl methyl sites for hydroxylation is 2. The number of halogens is 1. The van der Waals surface area contributed by atoms with Gasteiger partial charge in [0.05, 0.1) is 10.9 Å². The molecule has 5 nitrogen and oxygen atoms in total. The molecule has 1 N–H and O–H groups in total. The summed E-state index contributed by atoms with van der Waals surface area (Å²) in [4.78, 5) is 17.9. The molecule has 0 saturated heterocycles. The summed E-state index contributed by atoms with van der Waals surface area (Å²) in [7, 11) is 0. The lowest BCUT2D eigenvalue weighted by atomic mass is 10.0. The van der Waals surface area contributed by atoms with Crippen LogP contribution in [0.25, 0.3) is 15.9 Å². The van der Waals surface area contributed by atoms with E-state index in [1.165, 1.54) is 27.0 Å². The molecule has 0 unspecified atom stereocenters. The van der Waals surface area contributed by atoms with E-state index in [1.54, 1.807) is 6.07 Å². The summed E-state index contributed by atoms with van der Waals surface area (Å²) in [5.74, 6) is 0. The van der Waals surface area contributed by atoms with Crippen LogP contribution in [0.5, 0.6) is 0 Å². The molecule has 0 aliphatic rings. The minimum atomic E-state index is -0.157. The van der Waals surface area contributed by atoms with Crippen molar-refractivity contribution in [2.75, 3.05) is 5.32 Å². The topological polar surface area (TPSA) is 59.3 Å². The minimum Gasteiger partial charge on any atom is -0.330 e. The summed E-state index contributed by atoms with van der Waals surface area (Å²) in [6.45, 7) is 4.27. The van der Waals surface area contributed by atoms with E-state index in [2.05, 4.69) is 63.4 Å². The SMILES string of the molecule is CCc1cccc(CC)c1Nc1nn2c(=O)c3cc(Br)ccc3nc2s1. The number of para-hydroxylation sites is 1. The molecule has 2 heterocycles. The van der Waals surface area contributed by atoms with Crippen molar-refractivity contribution < 1.29 is 0 Å². The highest BCUT2D eigenvalue weighted by molar-refractivity contribution is 9.10. The molecular weight excluding hydrogens is 412 g/mol. The summed E-state index contributed by atoms with van der Waals surface area (Å²) in [5, 5.41) is 9.11. The van der Waals surface area contributed by atoms with Gasteiger partial charge in [0.25, 0.3) is 5.56 Å². The second-order valence-electron chi connectivity index (χ2n) is 5.96. The van der Waals surface area contributed by atoms with Crippen LogP contribution in [0.1, 0.15) is 25.0 Å². The molecule has 0 fully saturated rings. The molecule has 132 valence electrons. The van der Waals surface area contributed by atoms with E-state index in [0.29, 0.717) is 21.0 Å². The predicted molar refractivity (Wildman–Crippen MR) is 111 cm³/mol. The number of nitrogens with one attached hydrogen (secondary N) is 1. The lowest BCUT2D eigenvalue weighted by molar-refractivity contribution is 0.918. The predicted octanol–water partition coefficient (Wildman–Crippen LogP) is 4.94. The Morgan fingerprint density at radius 1 is 1.15 bits per heavy atom. The standard InChI is InChI=1S/C19H17BrN4OS/c1-3-11-6-5-7-12(4-2)16(11)22-18-23-24-17(25)14-10-13(20)8-9-15(14)21-19(24)26-18/h5-10H,3-4H2,1-2H3,(H,22,23). The largest absolute Gasteiger partial charge is 0.330 e. The van der Waals surface area contributed by atoms with Crippen molar-refractivity contribution in [2.24, 2.45) is 0 Å². The quantitative estimate of drug-likeness (QED) is 0.500. The van der Waals surface area contributed by atoms with Crippen molar-refractivity contribution in [1.29, 1.82) is 0 Å². The first kappa shape index (κ1) is 17.2. The van der Waals surface area contributed by atoms with E-state index in [1.807, 2.05) is 12.1 Å². The number of rotatable bonds is 4. The van der Waals surface area contributed by atoms with Gasteiger partial charge >= 0.3 is 0 Å². The third-order valence-corrected chi connectivity index (χ3v) is 5.71. The Morgan fingerprint density at radius 2 is 1.88 bits per heavy atom. The van der Waals surface area contributed by atoms with Crippen molar-refractivity contribution in [2.45, 2.75) is 26.7 Å². The molecule has 0 bridgehead atoms. The molecule has 0 amide bonds. The van der Waals surface area contributed by atoms with Gasteiger partial charge < -0.3 is 5.32 Å². The van der Waals surface area contributed by atoms with Crippen LogP contribution in [-0.2, 0) is 12.8 Å². The fraction of sp³-hybridized carbons (Fsp3) is 0.211. The molecule has 0 spiro atoms. The average molecular weight is 429 g/mol. The van der Waals surface area contributed by atoms with Crippen molar-refractivity contribution >= 4 is 53.9 Å². The minimum absolute atomic E-state index is 0.157. The number of anilines is 2. The van der Waals surface area contributed by atoms with Gasteiger partial charge in [0.15, 0.2) is 0 Å². The maximum absolute atomic E-state index is 12.8. The highest BCUT2D eigenvalue weighted by Gasteiger charge is 2.13. The zero-order valence-electron chi connectivity index (χ0n) is 14.4. The maximum atomic E-state index is 12.8. The summed E-state index contributed by atoms with van der Waals surface area (Å²) >= 11 is 4.79. The van der Waals surface area contributed by atoms with Gasteiger partial charge in [0.2, 0.25) is 10.1 Å². The van der Waals surface area contributed by atoms with Gasteiger partial charge in [-0.2, -0.15) is 4.52 Å². The number of hydrogen-bond acceptors (Lipinski definition) is 5. The van der Waals surface area contributed by atoms with Gasteiger partial charge in [0, 0.05) is 10.2 Å². The molecule has 4 aromatic rings. The lowest BCUT2D eigenvalue weighted by Gasteiger charge is -2.13. The van der Waals surface area contributed by atoms with Crippen LogP contribution in [-0.4, -0.2) is 14.6 Å². The molecule has 4 rings (SSSR count). The third-order valence-electron chi connectivity index (χ3n) is 4.39. The summed E-state index contributed by atoms with van der Waals surface area (Å²) < 4.78 is 2.23. The summed E-state index contributed by atoms with van der Waals surface area (Å²) in [6.07, 6.45) is 1.86. The van der Waals surface area contributed by atoms with Crippen LogP contribution in [0.15, 0.2) is 45.7 Å². The van der Waals surface area contributed by atoms with Crippen molar-refractivity contribution in [3.63, 3.8) is 0 Å². The van der Waals surface area contributed by atoms with Crippen LogP contribution in [0.4, 0.5) is 10.8 Å². The van der Waals surface area contributed by atoms with E-state index in [4.69, 9.17) is 0 Å². The second kappa shape index (κ2) is 6.81. The van der Waals surface area contributed by atoms with Crippen molar-refractivity contribution in [3.05, 3.63) is 62.4 Å². The Balaban J connectivity index is 1.86. The number of benzene rings is 2. The fourth-order valence-corrected chi connectivity index (χ4v) is 4.20. The molecule has 7 heteroatoms. The van der Waals surface area contributed by atoms with Gasteiger partial charge in [0.1, 0.15) is 0 Å². The first-order valence-corrected chi connectivity index (χ1v) is 10.1. The number of aromatic nitrogens is 3. The van der Waals surface area contributed by atoms with Crippen LogP contribution in [0, 0.1) is 0 Å². The smallest absolute Gasteiger partial charge is 0.283 e. The lowest BCUT2D eigenvalue weighted by Crippen LogP contribution is -2.15. The van der Waals surface area contributed by atoms with Crippen LogP contribution >= 0.6 is 27.3 Å². The van der Waals surface area contributed by atoms with Crippen molar-refractivity contribution in [1.82, 2.24) is 14.6 Å². The van der Waals surface area contributed by atoms with Crippen LogP contribution in [0.2, 0.25) is 0 Å². The van der Waals surface area contributed by atoms with Gasteiger partial charge in [-0.25, -0.2) is 4.98 Å². The highest BCUT2D eigenvalue weighted by Crippen LogP contribution is 2.29. The van der Waals surface area contributed by atoms with E-state index in [9.17, 15) is 4.79 Å². The van der Waals surface area contributed by atoms with Crippen molar-refractivity contribution in [3.8, 4) is 0 Å². The fourth-order valence-electron chi connectivity index (χ4n) is 3.04. The van der Waals surface area contributed by atoms with E-state index >= 15 is 0 Å². The highest BCUT2D eigenvalue weighted by atomic mass is 79.9. The normalized spacial score (nSPS) is 11.3. The molecule has 0 aliphatic heterocycles. The maximum Gasteiger partial charge on any atom is 0.283 e. The molecule has 0 atom stereocenters. The third kappa shape index (κ3) is 2.91. The van der Waals surface area contributed by atoms with Gasteiger partial charge in [-0.1, -0.05) is 59.3 Å².